The van der Waals surface area contributed by atoms with Gasteiger partial charge in [-0.1, -0.05) is 6.07 Å². The van der Waals surface area contributed by atoms with Gasteiger partial charge in [-0.05, 0) is 58.6 Å². The molecule has 0 aliphatic heterocycles. The lowest BCUT2D eigenvalue weighted by Gasteiger charge is -2.19. The first kappa shape index (κ1) is 18.3. The fourth-order valence-corrected chi connectivity index (χ4v) is 2.16. The second-order valence-corrected chi connectivity index (χ2v) is 6.39. The summed E-state index contributed by atoms with van der Waals surface area (Å²) >= 11 is 0. The fourth-order valence-electron chi connectivity index (χ4n) is 2.16. The number of carbonyl (C=O) groups is 1. The van der Waals surface area contributed by atoms with Crippen LogP contribution in [0.3, 0.4) is 0 Å². The third-order valence-electron chi connectivity index (χ3n) is 3.50. The second-order valence-electron chi connectivity index (χ2n) is 6.39. The molecule has 2 amide bonds. The quantitative estimate of drug-likeness (QED) is 0.722. The van der Waals surface area contributed by atoms with Gasteiger partial charge in [0.25, 0.3) is 0 Å². The van der Waals surface area contributed by atoms with Gasteiger partial charge >= 0.3 is 6.03 Å². The van der Waals surface area contributed by atoms with E-state index in [-0.39, 0.29) is 12.1 Å². The molecule has 1 aromatic rings. The van der Waals surface area contributed by atoms with E-state index in [4.69, 9.17) is 4.74 Å². The van der Waals surface area contributed by atoms with Crippen LogP contribution in [0.15, 0.2) is 18.2 Å². The van der Waals surface area contributed by atoms with Crippen LogP contribution < -0.4 is 15.4 Å². The minimum Gasteiger partial charge on any atom is -0.497 e. The number of hydrogen-bond donors (Lipinski definition) is 3. The van der Waals surface area contributed by atoms with E-state index in [1.54, 1.807) is 27.0 Å². The zero-order valence-electron chi connectivity index (χ0n) is 14.2. The number of rotatable bonds is 7. The van der Waals surface area contributed by atoms with Crippen molar-refractivity contribution >= 4 is 11.7 Å². The van der Waals surface area contributed by atoms with E-state index in [0.29, 0.717) is 5.75 Å². The Morgan fingerprint density at radius 3 is 2.68 bits per heavy atom. The predicted octanol–water partition coefficient (Wildman–Crippen LogP) is 3.45. The molecule has 22 heavy (non-hydrogen) atoms. The van der Waals surface area contributed by atoms with Crippen molar-refractivity contribution in [2.45, 2.75) is 58.6 Å². The lowest BCUT2D eigenvalue weighted by Crippen LogP contribution is -2.36. The van der Waals surface area contributed by atoms with Crippen LogP contribution in [-0.2, 0) is 0 Å². The summed E-state index contributed by atoms with van der Waals surface area (Å²) in [4.78, 5) is 12.0. The van der Waals surface area contributed by atoms with Crippen molar-refractivity contribution in [2.24, 2.45) is 0 Å². The van der Waals surface area contributed by atoms with Gasteiger partial charge in [0.2, 0.25) is 0 Å². The van der Waals surface area contributed by atoms with Crippen molar-refractivity contribution in [3.8, 4) is 5.75 Å². The highest BCUT2D eigenvalue weighted by molar-refractivity contribution is 5.90. The average Bonchev–Trinajstić information content (AvgIpc) is 2.39. The molecular weight excluding hydrogens is 280 g/mol. The second kappa shape index (κ2) is 8.03. The molecule has 0 radical (unpaired) electrons. The number of aryl methyl sites for hydroxylation is 1. The van der Waals surface area contributed by atoms with Crippen LogP contribution in [-0.4, -0.2) is 29.9 Å². The number of methoxy groups -OCH3 is 1. The number of aliphatic hydroxyl groups is 1. The van der Waals surface area contributed by atoms with Gasteiger partial charge in [-0.15, -0.1) is 0 Å². The summed E-state index contributed by atoms with van der Waals surface area (Å²) < 4.78 is 5.16. The molecule has 0 spiro atoms. The Hall–Kier alpha value is -1.75. The highest BCUT2D eigenvalue weighted by Crippen LogP contribution is 2.21. The Balaban J connectivity index is 2.45. The maximum Gasteiger partial charge on any atom is 0.319 e. The van der Waals surface area contributed by atoms with E-state index in [1.165, 1.54) is 0 Å². The van der Waals surface area contributed by atoms with Crippen molar-refractivity contribution in [3.63, 3.8) is 0 Å². The van der Waals surface area contributed by atoms with Crippen molar-refractivity contribution in [1.82, 2.24) is 5.32 Å². The number of ether oxygens (including phenoxy) is 1. The maximum atomic E-state index is 12.0. The summed E-state index contributed by atoms with van der Waals surface area (Å²) in [7, 11) is 1.60. The molecular formula is C17H28N2O3. The van der Waals surface area contributed by atoms with Gasteiger partial charge in [0.05, 0.1) is 12.7 Å². The molecule has 0 bridgehead atoms. The van der Waals surface area contributed by atoms with E-state index in [2.05, 4.69) is 10.6 Å². The van der Waals surface area contributed by atoms with Crippen LogP contribution in [0.25, 0.3) is 0 Å². The molecule has 5 heteroatoms. The van der Waals surface area contributed by atoms with Gasteiger partial charge in [0.15, 0.2) is 0 Å². The first-order valence-electron chi connectivity index (χ1n) is 7.66. The Morgan fingerprint density at radius 2 is 2.09 bits per heavy atom. The number of hydrogen-bond acceptors (Lipinski definition) is 3. The van der Waals surface area contributed by atoms with Crippen LogP contribution in [0.5, 0.6) is 5.75 Å². The number of carbonyl (C=O) groups excluding carboxylic acids is 1. The molecule has 124 valence electrons. The summed E-state index contributed by atoms with van der Waals surface area (Å²) in [6.07, 6.45) is 2.41. The minimum atomic E-state index is -0.653. The van der Waals surface area contributed by atoms with Gasteiger partial charge in [-0.25, -0.2) is 4.79 Å². The normalized spacial score (nSPS) is 12.6. The molecule has 0 aromatic heterocycles. The lowest BCUT2D eigenvalue weighted by molar-refractivity contribution is 0.0676. The monoisotopic (exact) mass is 308 g/mol. The standard InChI is InChI=1S/C17H28N2O3/c1-12-8-9-14(22-5)11-15(12)19-16(20)18-13(2)7-6-10-17(3,4)21/h8-9,11,13,21H,6-7,10H2,1-5H3,(H2,18,19,20)/t13-/m0/s1. The van der Waals surface area contributed by atoms with Gasteiger partial charge in [0, 0.05) is 17.8 Å². The number of amides is 2. The van der Waals surface area contributed by atoms with Crippen LogP contribution >= 0.6 is 0 Å². The molecule has 0 fully saturated rings. The topological polar surface area (TPSA) is 70.6 Å². The van der Waals surface area contributed by atoms with E-state index >= 15 is 0 Å². The molecule has 3 N–H and O–H groups in total. The van der Waals surface area contributed by atoms with E-state index in [9.17, 15) is 9.90 Å². The van der Waals surface area contributed by atoms with Crippen molar-refractivity contribution in [2.75, 3.05) is 12.4 Å². The molecule has 1 aromatic carbocycles. The summed E-state index contributed by atoms with van der Waals surface area (Å²) in [6.45, 7) is 7.48. The number of benzene rings is 1. The minimum absolute atomic E-state index is 0.0493. The van der Waals surface area contributed by atoms with E-state index in [0.717, 1.165) is 30.5 Å². The largest absolute Gasteiger partial charge is 0.497 e. The molecule has 0 aliphatic carbocycles. The first-order valence-corrected chi connectivity index (χ1v) is 7.66. The van der Waals surface area contributed by atoms with Crippen molar-refractivity contribution in [3.05, 3.63) is 23.8 Å². The molecule has 0 aliphatic rings. The Kier molecular flexibility index (Phi) is 6.68. The molecule has 1 atom stereocenters. The zero-order valence-corrected chi connectivity index (χ0v) is 14.2. The summed E-state index contributed by atoms with van der Waals surface area (Å²) in [5.41, 5.74) is 1.06. The third kappa shape index (κ3) is 6.80. The van der Waals surface area contributed by atoms with Gasteiger partial charge in [-0.3, -0.25) is 0 Å². The first-order chi connectivity index (χ1) is 10.2. The third-order valence-corrected chi connectivity index (χ3v) is 3.50. The Morgan fingerprint density at radius 1 is 1.41 bits per heavy atom. The van der Waals surface area contributed by atoms with Gasteiger partial charge in [0.1, 0.15) is 5.75 Å². The molecule has 0 saturated heterocycles. The number of nitrogens with one attached hydrogen (secondary N) is 2. The Labute approximate surface area is 133 Å². The molecule has 0 heterocycles. The van der Waals surface area contributed by atoms with Gasteiger partial charge in [-0.2, -0.15) is 0 Å². The smallest absolute Gasteiger partial charge is 0.319 e. The zero-order chi connectivity index (χ0) is 16.8. The lowest BCUT2D eigenvalue weighted by atomic mass is 10.00. The summed E-state index contributed by atoms with van der Waals surface area (Å²) in [5, 5.41) is 15.4. The average molecular weight is 308 g/mol. The van der Waals surface area contributed by atoms with Crippen molar-refractivity contribution < 1.29 is 14.6 Å². The highest BCUT2D eigenvalue weighted by Gasteiger charge is 2.14. The molecule has 5 nitrogen and oxygen atoms in total. The van der Waals surface area contributed by atoms with Crippen LogP contribution in [0.2, 0.25) is 0 Å². The molecule has 0 saturated carbocycles. The molecule has 1 rings (SSSR count). The SMILES string of the molecule is COc1ccc(C)c(NC(=O)N[C@@H](C)CCCC(C)(C)O)c1. The van der Waals surface area contributed by atoms with Crippen LogP contribution in [0, 0.1) is 6.92 Å². The van der Waals surface area contributed by atoms with Crippen LogP contribution in [0.4, 0.5) is 10.5 Å². The fraction of sp³-hybridized carbons (Fsp3) is 0.588. The number of urea groups is 1. The maximum absolute atomic E-state index is 12.0. The Bertz CT molecular complexity index is 495. The summed E-state index contributed by atoms with van der Waals surface area (Å²) in [6, 6.07) is 5.38. The molecule has 0 unspecified atom stereocenters. The van der Waals surface area contributed by atoms with Gasteiger partial charge < -0.3 is 20.5 Å². The number of anilines is 1. The van der Waals surface area contributed by atoms with E-state index < -0.39 is 5.60 Å². The van der Waals surface area contributed by atoms with E-state index in [1.807, 2.05) is 26.0 Å². The predicted molar refractivity (Wildman–Crippen MR) is 89.5 cm³/mol. The highest BCUT2D eigenvalue weighted by atomic mass is 16.5. The van der Waals surface area contributed by atoms with Crippen LogP contribution in [0.1, 0.15) is 45.6 Å². The van der Waals surface area contributed by atoms with Crippen molar-refractivity contribution in [1.29, 1.82) is 0 Å². The summed E-state index contributed by atoms with van der Waals surface area (Å²) in [5.74, 6) is 0.708.